The Morgan fingerprint density at radius 3 is 2.47 bits per heavy atom. The molecule has 2 saturated heterocycles. The Hall–Kier alpha value is -0.810. The normalized spacial score (nSPS) is 32.1. The van der Waals surface area contributed by atoms with Gasteiger partial charge in [0.05, 0.1) is 25.4 Å². The average molecular weight is 214 g/mol. The molecule has 1 N–H and O–H groups in total. The first kappa shape index (κ1) is 10.7. The minimum atomic E-state index is -0.706. The van der Waals surface area contributed by atoms with Crippen molar-refractivity contribution in [3.8, 4) is 0 Å². The van der Waals surface area contributed by atoms with Gasteiger partial charge in [0.2, 0.25) is 0 Å². The van der Waals surface area contributed by atoms with E-state index in [1.54, 1.807) is 16.7 Å². The Labute approximate surface area is 89.6 Å². The molecule has 2 heterocycles. The zero-order valence-electron chi connectivity index (χ0n) is 9.11. The highest BCUT2D eigenvalue weighted by Crippen LogP contribution is 2.21. The molecule has 15 heavy (non-hydrogen) atoms. The number of nitrogens with zero attached hydrogens (tertiary/aromatic N) is 2. The smallest absolute Gasteiger partial charge is 0.320 e. The van der Waals surface area contributed by atoms with Crippen molar-refractivity contribution in [1.29, 1.82) is 0 Å². The van der Waals surface area contributed by atoms with Gasteiger partial charge in [-0.2, -0.15) is 0 Å². The van der Waals surface area contributed by atoms with Gasteiger partial charge in [-0.05, 0) is 13.3 Å². The SMILES string of the molecule is CC1(O)CCN(C(=O)N2CCOCC2)C1. The van der Waals surface area contributed by atoms with E-state index in [-0.39, 0.29) is 6.03 Å². The van der Waals surface area contributed by atoms with E-state index in [9.17, 15) is 9.90 Å². The monoisotopic (exact) mass is 214 g/mol. The van der Waals surface area contributed by atoms with Crippen LogP contribution in [0.25, 0.3) is 0 Å². The molecule has 0 saturated carbocycles. The summed E-state index contributed by atoms with van der Waals surface area (Å²) in [6, 6.07) is 0.0380. The molecule has 5 heteroatoms. The standard InChI is InChI=1S/C10H18N2O3/c1-10(14)2-3-12(8-10)9(13)11-4-6-15-7-5-11/h14H,2-8H2,1H3. The summed E-state index contributed by atoms with van der Waals surface area (Å²) in [4.78, 5) is 15.5. The van der Waals surface area contributed by atoms with Crippen molar-refractivity contribution in [2.75, 3.05) is 39.4 Å². The maximum atomic E-state index is 12.0. The third-order valence-corrected chi connectivity index (χ3v) is 3.00. The Morgan fingerprint density at radius 2 is 1.93 bits per heavy atom. The molecule has 2 aliphatic heterocycles. The van der Waals surface area contributed by atoms with Crippen LogP contribution < -0.4 is 0 Å². The number of amides is 2. The summed E-state index contributed by atoms with van der Waals surface area (Å²) in [5.74, 6) is 0. The Bertz CT molecular complexity index is 249. The third kappa shape index (κ3) is 2.41. The van der Waals surface area contributed by atoms with Gasteiger partial charge in [-0.1, -0.05) is 0 Å². The van der Waals surface area contributed by atoms with Crippen molar-refractivity contribution < 1.29 is 14.6 Å². The second-order valence-corrected chi connectivity index (χ2v) is 4.55. The predicted molar refractivity (Wildman–Crippen MR) is 54.6 cm³/mol. The summed E-state index contributed by atoms with van der Waals surface area (Å²) in [6.45, 7) is 5.45. The highest BCUT2D eigenvalue weighted by Gasteiger charge is 2.35. The molecule has 0 spiro atoms. The van der Waals surface area contributed by atoms with Gasteiger partial charge in [0, 0.05) is 19.6 Å². The topological polar surface area (TPSA) is 53.0 Å². The Kier molecular flexibility index (Phi) is 2.84. The maximum absolute atomic E-state index is 12.0. The number of aliphatic hydroxyl groups is 1. The number of rotatable bonds is 0. The minimum absolute atomic E-state index is 0.0380. The van der Waals surface area contributed by atoms with E-state index in [0.717, 1.165) is 0 Å². The number of hydrogen-bond donors (Lipinski definition) is 1. The molecule has 0 aliphatic carbocycles. The predicted octanol–water partition coefficient (Wildman–Crippen LogP) is -0.105. The fourth-order valence-electron chi connectivity index (χ4n) is 2.06. The molecule has 1 atom stereocenters. The summed E-state index contributed by atoms with van der Waals surface area (Å²) >= 11 is 0. The lowest BCUT2D eigenvalue weighted by atomic mass is 10.1. The van der Waals surface area contributed by atoms with Gasteiger partial charge in [0.15, 0.2) is 0 Å². The molecule has 0 aromatic carbocycles. The van der Waals surface area contributed by atoms with Crippen molar-refractivity contribution in [2.24, 2.45) is 0 Å². The van der Waals surface area contributed by atoms with E-state index in [1.165, 1.54) is 0 Å². The zero-order chi connectivity index (χ0) is 10.9. The number of hydrogen-bond acceptors (Lipinski definition) is 3. The lowest BCUT2D eigenvalue weighted by Gasteiger charge is -2.31. The first-order valence-corrected chi connectivity index (χ1v) is 5.42. The van der Waals surface area contributed by atoms with Crippen LogP contribution in [0.15, 0.2) is 0 Å². The van der Waals surface area contributed by atoms with Crippen LogP contribution in [0.5, 0.6) is 0 Å². The van der Waals surface area contributed by atoms with Crippen LogP contribution in [0.4, 0.5) is 4.79 Å². The number of likely N-dealkylation sites (tertiary alicyclic amines) is 1. The molecule has 0 bridgehead atoms. The van der Waals surface area contributed by atoms with Crippen LogP contribution in [0, 0.1) is 0 Å². The second kappa shape index (κ2) is 3.98. The fraction of sp³-hybridized carbons (Fsp3) is 0.900. The van der Waals surface area contributed by atoms with Crippen molar-refractivity contribution >= 4 is 6.03 Å². The number of morpholine rings is 1. The molecule has 5 nitrogen and oxygen atoms in total. The summed E-state index contributed by atoms with van der Waals surface area (Å²) in [5, 5.41) is 9.78. The van der Waals surface area contributed by atoms with Gasteiger partial charge in [-0.25, -0.2) is 4.79 Å². The van der Waals surface area contributed by atoms with E-state index < -0.39 is 5.60 Å². The van der Waals surface area contributed by atoms with Crippen molar-refractivity contribution in [3.63, 3.8) is 0 Å². The van der Waals surface area contributed by atoms with Crippen molar-refractivity contribution in [2.45, 2.75) is 18.9 Å². The van der Waals surface area contributed by atoms with Crippen molar-refractivity contribution in [1.82, 2.24) is 9.80 Å². The number of ether oxygens (including phenoxy) is 1. The van der Waals surface area contributed by atoms with Gasteiger partial charge in [-0.15, -0.1) is 0 Å². The van der Waals surface area contributed by atoms with Crippen LogP contribution in [0.2, 0.25) is 0 Å². The fourth-order valence-corrected chi connectivity index (χ4v) is 2.06. The molecule has 0 aromatic rings. The Morgan fingerprint density at radius 1 is 1.27 bits per heavy atom. The summed E-state index contributed by atoms with van der Waals surface area (Å²) in [7, 11) is 0. The third-order valence-electron chi connectivity index (χ3n) is 3.00. The van der Waals surface area contributed by atoms with Gasteiger partial charge in [-0.3, -0.25) is 0 Å². The molecule has 1 unspecified atom stereocenters. The van der Waals surface area contributed by atoms with E-state index >= 15 is 0 Å². The number of carbonyl (C=O) groups is 1. The number of urea groups is 1. The van der Waals surface area contributed by atoms with Crippen LogP contribution in [-0.4, -0.2) is 65.9 Å². The summed E-state index contributed by atoms with van der Waals surface area (Å²) in [6.07, 6.45) is 0.670. The summed E-state index contributed by atoms with van der Waals surface area (Å²) in [5.41, 5.74) is -0.706. The highest BCUT2D eigenvalue weighted by molar-refractivity contribution is 5.75. The van der Waals surface area contributed by atoms with Crippen LogP contribution >= 0.6 is 0 Å². The first-order chi connectivity index (χ1) is 7.08. The quantitative estimate of drug-likeness (QED) is 0.612. The van der Waals surface area contributed by atoms with E-state index in [4.69, 9.17) is 4.74 Å². The lowest BCUT2D eigenvalue weighted by molar-refractivity contribution is 0.0389. The first-order valence-electron chi connectivity index (χ1n) is 5.42. The number of carbonyl (C=O) groups excluding carboxylic acids is 1. The molecule has 2 rings (SSSR count). The zero-order valence-corrected chi connectivity index (χ0v) is 9.11. The highest BCUT2D eigenvalue weighted by atomic mass is 16.5. The van der Waals surface area contributed by atoms with E-state index in [0.29, 0.717) is 45.8 Å². The second-order valence-electron chi connectivity index (χ2n) is 4.55. The summed E-state index contributed by atoms with van der Waals surface area (Å²) < 4.78 is 5.19. The van der Waals surface area contributed by atoms with E-state index in [2.05, 4.69) is 0 Å². The lowest BCUT2D eigenvalue weighted by Crippen LogP contribution is -2.48. The maximum Gasteiger partial charge on any atom is 0.320 e. The molecule has 2 fully saturated rings. The van der Waals surface area contributed by atoms with Gasteiger partial charge < -0.3 is 19.6 Å². The molecular weight excluding hydrogens is 196 g/mol. The molecule has 2 aliphatic rings. The van der Waals surface area contributed by atoms with Crippen LogP contribution in [0.3, 0.4) is 0 Å². The van der Waals surface area contributed by atoms with Gasteiger partial charge in [0.1, 0.15) is 0 Å². The molecule has 0 radical (unpaired) electrons. The van der Waals surface area contributed by atoms with Crippen molar-refractivity contribution in [3.05, 3.63) is 0 Å². The van der Waals surface area contributed by atoms with Gasteiger partial charge >= 0.3 is 6.03 Å². The van der Waals surface area contributed by atoms with Crippen LogP contribution in [-0.2, 0) is 4.74 Å². The van der Waals surface area contributed by atoms with Gasteiger partial charge in [0.25, 0.3) is 0 Å². The number of β-amino-alcohol motifs (C(OH)–C–C–N with tert-alkyl or cyclic N) is 1. The largest absolute Gasteiger partial charge is 0.388 e. The molecule has 0 aromatic heterocycles. The minimum Gasteiger partial charge on any atom is -0.388 e. The van der Waals surface area contributed by atoms with E-state index in [1.807, 2.05) is 0 Å². The Balaban J connectivity index is 1.90. The molecule has 2 amide bonds. The molecular formula is C10H18N2O3. The average Bonchev–Trinajstić information content (AvgIpc) is 2.59. The molecule has 86 valence electrons. The van der Waals surface area contributed by atoms with Crippen LogP contribution in [0.1, 0.15) is 13.3 Å².